The van der Waals surface area contributed by atoms with E-state index in [9.17, 15) is 0 Å². The number of ether oxygens (including phenoxy) is 2. The monoisotopic (exact) mass is 1150 g/mol. The van der Waals surface area contributed by atoms with E-state index in [0.29, 0.717) is 47.0 Å². The SMILES string of the molecule is C#Cc1cc(C#N)cc(C(C)C)c1.CC(C)c1c(N(C)C)cccc1N(C)C.CC(C)c1ccc(C#N)cc1.CC(C)c1ccccc1N(C)C.COc1ccccc1C(C)C.COc1ccccc1C(C)C.[2H]C([2H])([2H])N(C)c1ccccc1C(C)C. The van der Waals surface area contributed by atoms with Crippen molar-refractivity contribution in [2.45, 2.75) is 138 Å². The van der Waals surface area contributed by atoms with E-state index in [0.717, 1.165) is 39.4 Å². The van der Waals surface area contributed by atoms with Crippen LogP contribution >= 0.6 is 0 Å². The van der Waals surface area contributed by atoms with E-state index in [-0.39, 0.29) is 0 Å². The third-order valence-electron chi connectivity index (χ3n) is 13.7. The van der Waals surface area contributed by atoms with Crippen molar-refractivity contribution in [3.63, 3.8) is 0 Å². The average molecular weight is 1150 g/mol. The maximum atomic E-state index is 8.75. The molecule has 0 aliphatic rings. The number of hydrogen-bond donors (Lipinski definition) is 0. The Morgan fingerprint density at radius 2 is 0.706 bits per heavy atom. The van der Waals surface area contributed by atoms with Gasteiger partial charge in [0.25, 0.3) is 0 Å². The molecular weight excluding hydrogens is 1040 g/mol. The lowest BCUT2D eigenvalue weighted by Gasteiger charge is -2.26. The summed E-state index contributed by atoms with van der Waals surface area (Å²) in [6.07, 6.45) is 5.28. The topological polar surface area (TPSA) is 79.0 Å². The zero-order valence-corrected chi connectivity index (χ0v) is 56.1. The number of terminal acetylenes is 1. The van der Waals surface area contributed by atoms with Gasteiger partial charge in [-0.1, -0.05) is 194 Å². The van der Waals surface area contributed by atoms with Gasteiger partial charge in [-0.25, -0.2) is 0 Å². The second-order valence-corrected chi connectivity index (χ2v) is 23.5. The molecule has 0 radical (unpaired) electrons. The Kier molecular flexibility index (Phi) is 32.2. The normalized spacial score (nSPS) is 10.8. The van der Waals surface area contributed by atoms with Gasteiger partial charge in [0, 0.05) is 94.3 Å². The van der Waals surface area contributed by atoms with E-state index in [1.54, 1.807) is 27.3 Å². The maximum Gasteiger partial charge on any atom is 0.122 e. The molecule has 0 saturated carbocycles. The van der Waals surface area contributed by atoms with Crippen molar-refractivity contribution in [1.82, 2.24) is 0 Å². The molecular formula is C77H106N6O2. The molecule has 0 heterocycles. The summed E-state index contributed by atoms with van der Waals surface area (Å²) in [5.74, 6) is 8.01. The molecule has 0 N–H and O–H groups in total. The van der Waals surface area contributed by atoms with Gasteiger partial charge >= 0.3 is 0 Å². The summed E-state index contributed by atoms with van der Waals surface area (Å²) < 4.78 is 32.5. The summed E-state index contributed by atoms with van der Waals surface area (Å²) >= 11 is 0. The lowest BCUT2D eigenvalue weighted by atomic mass is 9.98. The molecule has 0 unspecified atom stereocenters. The molecule has 0 amide bonds. The van der Waals surface area contributed by atoms with Crippen LogP contribution in [0, 0.1) is 35.0 Å². The number of nitriles is 2. The van der Waals surface area contributed by atoms with Crippen LogP contribution in [0.15, 0.2) is 158 Å². The van der Waals surface area contributed by atoms with E-state index in [1.807, 2.05) is 97.1 Å². The van der Waals surface area contributed by atoms with Crippen molar-refractivity contribution in [2.24, 2.45) is 0 Å². The zero-order chi connectivity index (χ0) is 67.0. The second kappa shape index (κ2) is 39.4. The summed E-state index contributed by atoms with van der Waals surface area (Å²) in [4.78, 5) is 7.88. The lowest BCUT2D eigenvalue weighted by Crippen LogP contribution is -2.17. The summed E-state index contributed by atoms with van der Waals surface area (Å²) in [7, 11) is 17.6. The summed E-state index contributed by atoms with van der Waals surface area (Å²) in [5.41, 5.74) is 15.7. The number of hydrogen-bond acceptors (Lipinski definition) is 8. The van der Waals surface area contributed by atoms with E-state index in [4.69, 9.17) is 30.5 Å². The van der Waals surface area contributed by atoms with Crippen LogP contribution in [0.3, 0.4) is 0 Å². The molecule has 0 atom stereocenters. The third-order valence-corrected chi connectivity index (χ3v) is 13.7. The van der Waals surface area contributed by atoms with Crippen LogP contribution < -0.4 is 29.1 Å². The van der Waals surface area contributed by atoms with Crippen LogP contribution in [0.25, 0.3) is 0 Å². The highest BCUT2D eigenvalue weighted by Gasteiger charge is 2.15. The lowest BCUT2D eigenvalue weighted by molar-refractivity contribution is 0.407. The molecule has 0 aliphatic carbocycles. The minimum absolute atomic E-state index is 0.325. The van der Waals surface area contributed by atoms with Crippen molar-refractivity contribution in [1.29, 1.82) is 10.5 Å². The highest BCUT2D eigenvalue weighted by atomic mass is 16.5. The van der Waals surface area contributed by atoms with E-state index < -0.39 is 6.98 Å². The van der Waals surface area contributed by atoms with E-state index >= 15 is 0 Å². The van der Waals surface area contributed by atoms with Crippen LogP contribution in [0.5, 0.6) is 11.5 Å². The number of rotatable bonds is 13. The minimum Gasteiger partial charge on any atom is -0.496 e. The Morgan fingerprint density at radius 1 is 0.365 bits per heavy atom. The highest BCUT2D eigenvalue weighted by Crippen LogP contribution is 2.35. The number of benzene rings is 7. The molecule has 0 saturated heterocycles. The average Bonchev–Trinajstić information content (AvgIpc) is 3.70. The first-order chi connectivity index (χ1) is 41.3. The van der Waals surface area contributed by atoms with Crippen LogP contribution in [0.4, 0.5) is 22.7 Å². The molecule has 8 nitrogen and oxygen atoms in total. The minimum atomic E-state index is -2.08. The van der Waals surface area contributed by atoms with Gasteiger partial charge in [-0.3, -0.25) is 0 Å². The van der Waals surface area contributed by atoms with Gasteiger partial charge in [0.05, 0.1) is 37.5 Å². The molecule has 0 aliphatic heterocycles. The molecule has 0 fully saturated rings. The number of anilines is 4. The van der Waals surface area contributed by atoms with Gasteiger partial charge in [-0.15, -0.1) is 6.42 Å². The first-order valence-electron chi connectivity index (χ1n) is 31.2. The summed E-state index contributed by atoms with van der Waals surface area (Å²) in [5, 5.41) is 17.3. The van der Waals surface area contributed by atoms with Crippen LogP contribution in [0.2, 0.25) is 0 Å². The number of para-hydroxylation sites is 4. The van der Waals surface area contributed by atoms with Gasteiger partial charge in [0.2, 0.25) is 0 Å². The Labute approximate surface area is 522 Å². The molecule has 8 heteroatoms. The summed E-state index contributed by atoms with van der Waals surface area (Å²) in [6, 6.07) is 56.4. The first kappa shape index (κ1) is 69.4. The molecule has 0 aromatic heterocycles. The number of nitrogens with zero attached hydrogens (tertiary/aromatic N) is 6. The molecule has 7 aromatic rings. The van der Waals surface area contributed by atoms with Crippen molar-refractivity contribution in [3.05, 3.63) is 213 Å². The fourth-order valence-electron chi connectivity index (χ4n) is 8.94. The largest absolute Gasteiger partial charge is 0.496 e. The quantitative estimate of drug-likeness (QED) is 0.106. The van der Waals surface area contributed by atoms with Crippen molar-refractivity contribution in [3.8, 4) is 36.0 Å². The molecule has 456 valence electrons. The fraction of sp³-hybridized carbons (Fsp3) is 0.403. The predicted molar refractivity (Wildman–Crippen MR) is 371 cm³/mol. The van der Waals surface area contributed by atoms with Crippen LogP contribution in [0.1, 0.15) is 198 Å². The number of methoxy groups -OCH3 is 2. The first-order valence-corrected chi connectivity index (χ1v) is 29.7. The third kappa shape index (κ3) is 26.1. The molecule has 7 rings (SSSR count). The van der Waals surface area contributed by atoms with E-state index in [1.165, 1.54) is 49.8 Å². The van der Waals surface area contributed by atoms with Crippen molar-refractivity contribution >= 4 is 22.7 Å². The van der Waals surface area contributed by atoms with E-state index in [2.05, 4.69) is 227 Å². The molecule has 85 heavy (non-hydrogen) atoms. The van der Waals surface area contributed by atoms with Crippen molar-refractivity contribution < 1.29 is 13.6 Å². The van der Waals surface area contributed by atoms with Crippen molar-refractivity contribution in [2.75, 3.05) is 90.1 Å². The standard InChI is InChI=1S/C13H22N2.C12H11N.2C11H17N.C10H11N.2C10H14O/c1-10(2)13-11(14(3)4)8-7-9-12(13)15(5)6;1-4-10-5-11(8-13)7-12(6-10)9(2)3;2*1-9(2)10-7-5-6-8-11(10)12(3)4;1-8(2)10-5-3-9(7-11)4-6-10;2*1-8(2)9-6-4-5-7-10(9)11-3/h7-10H,1-6H3;1,5-7,9H,2-3H3;2*5-9H,1-4H3;3-6,8H,1-2H3;2*4-8H,1-3H3/i;;3D3;;;;. The predicted octanol–water partition coefficient (Wildman–Crippen LogP) is 19.7. The Morgan fingerprint density at radius 3 is 1.00 bits per heavy atom. The molecule has 7 aromatic carbocycles. The Bertz CT molecular complexity index is 3110. The maximum absolute atomic E-state index is 8.75. The van der Waals surface area contributed by atoms with Gasteiger partial charge in [-0.05, 0) is 142 Å². The van der Waals surface area contributed by atoms with Crippen LogP contribution in [-0.4, -0.2) is 70.5 Å². The summed E-state index contributed by atoms with van der Waals surface area (Å²) in [6.45, 7) is 28.1. The molecule has 0 bridgehead atoms. The van der Waals surface area contributed by atoms with Crippen LogP contribution in [-0.2, 0) is 0 Å². The van der Waals surface area contributed by atoms with Gasteiger partial charge in [0.1, 0.15) is 11.5 Å². The molecule has 0 spiro atoms. The fourth-order valence-corrected chi connectivity index (χ4v) is 8.94. The van der Waals surface area contributed by atoms with Gasteiger partial charge in [-0.2, -0.15) is 10.5 Å². The van der Waals surface area contributed by atoms with Gasteiger partial charge < -0.3 is 29.1 Å². The zero-order valence-electron chi connectivity index (χ0n) is 59.1. The highest BCUT2D eigenvalue weighted by molar-refractivity contribution is 5.68. The second-order valence-electron chi connectivity index (χ2n) is 23.5. The Balaban J connectivity index is 0.000000515. The van der Waals surface area contributed by atoms with Gasteiger partial charge in [0.15, 0.2) is 0 Å². The Hall–Kier alpha value is -8.12. The smallest absolute Gasteiger partial charge is 0.122 e.